The Morgan fingerprint density at radius 1 is 1.34 bits per heavy atom. The minimum Gasteiger partial charge on any atom is -0.380 e. The minimum atomic E-state index is -4.81. The average molecular weight is 431 g/mol. The maximum absolute atomic E-state index is 14.0. The lowest BCUT2D eigenvalue weighted by molar-refractivity contribution is -0.273. The van der Waals surface area contributed by atoms with E-state index in [2.05, 4.69) is 9.71 Å². The molecule has 29 heavy (non-hydrogen) atoms. The summed E-state index contributed by atoms with van der Waals surface area (Å²) in [5, 5.41) is 18.7. The molecule has 6 nitrogen and oxygen atoms in total. The molecule has 3 N–H and O–H groups in total. The first-order chi connectivity index (χ1) is 13.4. The molecule has 0 fully saturated rings. The molecule has 0 bridgehead atoms. The Morgan fingerprint density at radius 3 is 2.62 bits per heavy atom. The fourth-order valence-electron chi connectivity index (χ4n) is 3.42. The first-order valence-corrected chi connectivity index (χ1v) is 10.1. The summed E-state index contributed by atoms with van der Waals surface area (Å²) in [5.74, 6) is -2.06. The van der Waals surface area contributed by atoms with Crippen molar-refractivity contribution < 1.29 is 31.1 Å². The summed E-state index contributed by atoms with van der Waals surface area (Å²) in [6.45, 7) is 0.707. The molecule has 0 amide bonds. The van der Waals surface area contributed by atoms with Crippen molar-refractivity contribution in [3.05, 3.63) is 47.0 Å². The Morgan fingerprint density at radius 2 is 2.03 bits per heavy atom. The van der Waals surface area contributed by atoms with Crippen molar-refractivity contribution in [1.29, 1.82) is 5.26 Å². The number of nitriles is 1. The zero-order chi connectivity index (χ0) is 21.6. The van der Waals surface area contributed by atoms with Gasteiger partial charge in [-0.15, -0.1) is 0 Å². The van der Waals surface area contributed by atoms with E-state index in [0.29, 0.717) is 12.5 Å². The van der Waals surface area contributed by atoms with Crippen LogP contribution in [0.5, 0.6) is 0 Å². The van der Waals surface area contributed by atoms with Gasteiger partial charge in [-0.3, -0.25) is 4.72 Å². The molecule has 11 heteroatoms. The number of H-pyrrole nitrogens is 1. The van der Waals surface area contributed by atoms with Crippen LogP contribution in [0.15, 0.2) is 29.3 Å². The summed E-state index contributed by atoms with van der Waals surface area (Å²) >= 11 is 0. The van der Waals surface area contributed by atoms with Crippen molar-refractivity contribution in [2.24, 2.45) is 5.92 Å². The Bertz CT molecular complexity index is 1080. The van der Waals surface area contributed by atoms with Crippen LogP contribution in [0.2, 0.25) is 0 Å². The van der Waals surface area contributed by atoms with E-state index in [-0.39, 0.29) is 41.1 Å². The van der Waals surface area contributed by atoms with Crippen molar-refractivity contribution in [3.63, 3.8) is 0 Å². The number of fused-ring (bicyclic) bond motifs is 1. The standard InChI is InChI=1S/C18H17F4N3O3S/c1-17(26,18(20,21)22)11-3-4-12-15(7-11)24-9-16(12)29(27,28)25-14-5-2-10(8-23)6-13(14)19/h2,5-6,9,11,24-26H,3-4,7H2,1H3. The van der Waals surface area contributed by atoms with Gasteiger partial charge < -0.3 is 10.1 Å². The molecule has 2 aromatic rings. The number of rotatable bonds is 4. The fraction of sp³-hybridized carbons (Fsp3) is 0.389. The van der Waals surface area contributed by atoms with E-state index in [0.717, 1.165) is 18.3 Å². The second kappa shape index (κ2) is 7.03. The largest absolute Gasteiger partial charge is 0.417 e. The number of alkyl halides is 3. The lowest BCUT2D eigenvalue weighted by Crippen LogP contribution is -2.50. The topological polar surface area (TPSA) is 106 Å². The zero-order valence-electron chi connectivity index (χ0n) is 15.1. The van der Waals surface area contributed by atoms with E-state index in [1.165, 1.54) is 6.07 Å². The molecule has 0 radical (unpaired) electrons. The Balaban J connectivity index is 1.87. The van der Waals surface area contributed by atoms with Crippen LogP contribution in [-0.4, -0.2) is 30.3 Å². The lowest BCUT2D eigenvalue weighted by atomic mass is 9.77. The number of sulfonamides is 1. The Hall–Kier alpha value is -2.58. The molecule has 0 aliphatic heterocycles. The number of aromatic nitrogens is 1. The molecule has 1 aromatic heterocycles. The number of aromatic amines is 1. The molecule has 1 heterocycles. The van der Waals surface area contributed by atoms with Gasteiger partial charge in [-0.25, -0.2) is 12.8 Å². The van der Waals surface area contributed by atoms with E-state index in [1.807, 2.05) is 0 Å². The summed E-state index contributed by atoms with van der Waals surface area (Å²) in [7, 11) is -4.22. The average Bonchev–Trinajstić information content (AvgIpc) is 3.06. The molecule has 1 aliphatic rings. The van der Waals surface area contributed by atoms with Crippen molar-refractivity contribution in [2.75, 3.05) is 4.72 Å². The first kappa shape index (κ1) is 21.1. The molecule has 2 atom stereocenters. The van der Waals surface area contributed by atoms with Gasteiger partial charge in [0.1, 0.15) is 10.7 Å². The van der Waals surface area contributed by atoms with Crippen LogP contribution in [0.4, 0.5) is 23.2 Å². The Kier molecular flexibility index (Phi) is 5.13. The monoisotopic (exact) mass is 431 g/mol. The summed E-state index contributed by atoms with van der Waals surface area (Å²) in [6.07, 6.45) is -3.92. The van der Waals surface area contributed by atoms with Crippen molar-refractivity contribution in [1.82, 2.24) is 4.98 Å². The van der Waals surface area contributed by atoms with Crippen LogP contribution in [0.1, 0.15) is 30.2 Å². The third-order valence-electron chi connectivity index (χ3n) is 5.23. The second-order valence-corrected chi connectivity index (χ2v) is 8.76. The molecule has 0 spiro atoms. The minimum absolute atomic E-state index is 0.00181. The summed E-state index contributed by atoms with van der Waals surface area (Å²) < 4.78 is 80.8. The molecule has 3 rings (SSSR count). The van der Waals surface area contributed by atoms with Crippen molar-refractivity contribution in [3.8, 4) is 6.07 Å². The van der Waals surface area contributed by atoms with Gasteiger partial charge in [-0.05, 0) is 49.9 Å². The number of anilines is 1. The third kappa shape index (κ3) is 3.82. The highest BCUT2D eigenvalue weighted by Crippen LogP contribution is 2.42. The quantitative estimate of drug-likeness (QED) is 0.646. The van der Waals surface area contributed by atoms with E-state index >= 15 is 0 Å². The van der Waals surface area contributed by atoms with E-state index in [4.69, 9.17) is 5.26 Å². The highest BCUT2D eigenvalue weighted by Gasteiger charge is 2.55. The number of benzene rings is 1. The van der Waals surface area contributed by atoms with E-state index < -0.39 is 33.5 Å². The number of aliphatic hydroxyl groups is 1. The molecule has 1 aromatic carbocycles. The smallest absolute Gasteiger partial charge is 0.380 e. The normalized spacial score (nSPS) is 19.1. The van der Waals surface area contributed by atoms with Crippen LogP contribution in [0.25, 0.3) is 0 Å². The van der Waals surface area contributed by atoms with Gasteiger partial charge >= 0.3 is 6.18 Å². The first-order valence-electron chi connectivity index (χ1n) is 8.57. The SMILES string of the molecule is CC(O)(C1CCc2c(S(=O)(=O)Nc3ccc(C#N)cc3F)c[nH]c2C1)C(F)(F)F. The Labute approximate surface area is 164 Å². The summed E-state index contributed by atoms with van der Waals surface area (Å²) in [5.41, 5.74) is -2.65. The van der Waals surface area contributed by atoms with Gasteiger partial charge in [0.2, 0.25) is 0 Å². The van der Waals surface area contributed by atoms with E-state index in [1.54, 1.807) is 6.07 Å². The number of hydrogen-bond donors (Lipinski definition) is 3. The molecule has 0 saturated heterocycles. The van der Waals surface area contributed by atoms with Gasteiger partial charge in [0.05, 0.1) is 17.3 Å². The number of halogens is 4. The molecule has 156 valence electrons. The zero-order valence-corrected chi connectivity index (χ0v) is 16.0. The lowest BCUT2D eigenvalue weighted by Gasteiger charge is -2.36. The van der Waals surface area contributed by atoms with E-state index in [9.17, 15) is 31.1 Å². The summed E-state index contributed by atoms with van der Waals surface area (Å²) in [6, 6.07) is 4.97. The van der Waals surface area contributed by atoms with Gasteiger partial charge in [-0.2, -0.15) is 18.4 Å². The maximum atomic E-state index is 14.0. The molecular weight excluding hydrogens is 414 g/mol. The number of nitrogens with one attached hydrogen (secondary N) is 2. The summed E-state index contributed by atoms with van der Waals surface area (Å²) in [4.78, 5) is 2.48. The van der Waals surface area contributed by atoms with Gasteiger partial charge in [0, 0.05) is 17.8 Å². The van der Waals surface area contributed by atoms with Crippen molar-refractivity contribution >= 4 is 15.7 Å². The number of nitrogens with zero attached hydrogens (tertiary/aromatic N) is 1. The van der Waals surface area contributed by atoms with Gasteiger partial charge in [0.25, 0.3) is 10.0 Å². The van der Waals surface area contributed by atoms with Crippen LogP contribution < -0.4 is 4.72 Å². The highest BCUT2D eigenvalue weighted by molar-refractivity contribution is 7.92. The third-order valence-corrected chi connectivity index (χ3v) is 6.67. The highest BCUT2D eigenvalue weighted by atomic mass is 32.2. The molecule has 0 saturated carbocycles. The second-order valence-electron chi connectivity index (χ2n) is 7.11. The maximum Gasteiger partial charge on any atom is 0.417 e. The molecular formula is C18H17F4N3O3S. The van der Waals surface area contributed by atoms with Gasteiger partial charge in [0.15, 0.2) is 5.60 Å². The van der Waals surface area contributed by atoms with Crippen LogP contribution in [-0.2, 0) is 22.9 Å². The van der Waals surface area contributed by atoms with Crippen LogP contribution in [0, 0.1) is 23.1 Å². The predicted octanol–water partition coefficient (Wildman–Crippen LogP) is 3.24. The van der Waals surface area contributed by atoms with Crippen LogP contribution >= 0.6 is 0 Å². The molecule has 1 aliphatic carbocycles. The fourth-order valence-corrected chi connectivity index (χ4v) is 4.75. The van der Waals surface area contributed by atoms with Crippen LogP contribution in [0.3, 0.4) is 0 Å². The van der Waals surface area contributed by atoms with Gasteiger partial charge in [-0.1, -0.05) is 0 Å². The molecule has 2 unspecified atom stereocenters. The number of hydrogen-bond acceptors (Lipinski definition) is 4. The van der Waals surface area contributed by atoms with Crippen molar-refractivity contribution in [2.45, 2.75) is 42.9 Å². The predicted molar refractivity (Wildman–Crippen MR) is 94.9 cm³/mol.